The molecule has 0 aromatic heterocycles. The van der Waals surface area contributed by atoms with Crippen LogP contribution in [0.15, 0.2) is 82.4 Å². The van der Waals surface area contributed by atoms with Crippen LogP contribution in [0, 0.1) is 0 Å². The van der Waals surface area contributed by atoms with Gasteiger partial charge in [0.1, 0.15) is 5.75 Å². The summed E-state index contributed by atoms with van der Waals surface area (Å²) in [6.45, 7) is 0. The highest BCUT2D eigenvalue weighted by molar-refractivity contribution is 9.10. The first-order valence-corrected chi connectivity index (χ1v) is 10.1. The average molecular weight is 501 g/mol. The van der Waals surface area contributed by atoms with Crippen molar-refractivity contribution in [1.82, 2.24) is 5.43 Å². The van der Waals surface area contributed by atoms with E-state index in [2.05, 4.69) is 31.8 Å². The molecule has 0 fully saturated rings. The Morgan fingerprint density at radius 3 is 2.35 bits per heavy atom. The maximum atomic E-state index is 12.4. The molecule has 3 aromatic carbocycles. The molecule has 0 saturated carbocycles. The van der Waals surface area contributed by atoms with E-state index in [1.807, 2.05) is 0 Å². The highest BCUT2D eigenvalue weighted by atomic mass is 79.9. The first kappa shape index (κ1) is 22.2. The predicted octanol–water partition coefficient (Wildman–Crippen LogP) is 4.41. The normalized spacial score (nSPS) is 10.5. The third kappa shape index (κ3) is 6.50. The van der Waals surface area contributed by atoms with Gasteiger partial charge in [-0.05, 0) is 54.6 Å². The fourth-order valence-corrected chi connectivity index (χ4v) is 2.88. The van der Waals surface area contributed by atoms with Crippen LogP contribution in [-0.4, -0.2) is 24.0 Å². The standard InChI is InChI=1S/C22H15BrClN3O4/c23-16-8-11-19(31-22(30)14-6-9-17(24)10-7-14)15(12-16)13-25-27-21(29)20(28)26-18-4-2-1-3-5-18/h1-13H,(H,26,28)(H,27,29). The van der Waals surface area contributed by atoms with Crippen LogP contribution in [0.5, 0.6) is 5.75 Å². The van der Waals surface area contributed by atoms with Crippen LogP contribution < -0.4 is 15.5 Å². The number of hydrogen-bond acceptors (Lipinski definition) is 5. The number of anilines is 1. The number of rotatable bonds is 5. The van der Waals surface area contributed by atoms with Gasteiger partial charge in [0, 0.05) is 20.7 Å². The van der Waals surface area contributed by atoms with E-state index in [1.165, 1.54) is 6.21 Å². The van der Waals surface area contributed by atoms with Crippen molar-refractivity contribution in [2.75, 3.05) is 5.32 Å². The number of nitrogens with one attached hydrogen (secondary N) is 2. The van der Waals surface area contributed by atoms with Gasteiger partial charge < -0.3 is 10.1 Å². The molecule has 0 bridgehead atoms. The largest absolute Gasteiger partial charge is 0.422 e. The fraction of sp³-hybridized carbons (Fsp3) is 0. The number of benzene rings is 3. The van der Waals surface area contributed by atoms with E-state index >= 15 is 0 Å². The first-order valence-electron chi connectivity index (χ1n) is 8.89. The zero-order chi connectivity index (χ0) is 22.2. The lowest BCUT2D eigenvalue weighted by Gasteiger charge is -2.08. The SMILES string of the molecule is O=C(NN=Cc1cc(Br)ccc1OC(=O)c1ccc(Cl)cc1)C(=O)Nc1ccccc1. The summed E-state index contributed by atoms with van der Waals surface area (Å²) in [6.07, 6.45) is 1.27. The maximum absolute atomic E-state index is 12.4. The minimum Gasteiger partial charge on any atom is -0.422 e. The third-order valence-electron chi connectivity index (χ3n) is 3.86. The van der Waals surface area contributed by atoms with E-state index < -0.39 is 17.8 Å². The number of nitrogens with zero attached hydrogens (tertiary/aromatic N) is 1. The van der Waals surface area contributed by atoms with Gasteiger partial charge in [-0.25, -0.2) is 10.2 Å². The van der Waals surface area contributed by atoms with Crippen LogP contribution in [0.25, 0.3) is 0 Å². The van der Waals surface area contributed by atoms with Crippen molar-refractivity contribution in [1.29, 1.82) is 0 Å². The monoisotopic (exact) mass is 499 g/mol. The highest BCUT2D eigenvalue weighted by Crippen LogP contribution is 2.23. The summed E-state index contributed by atoms with van der Waals surface area (Å²) >= 11 is 9.16. The lowest BCUT2D eigenvalue weighted by molar-refractivity contribution is -0.136. The first-order chi connectivity index (χ1) is 14.9. The quantitative estimate of drug-likeness (QED) is 0.178. The second-order valence-corrected chi connectivity index (χ2v) is 7.45. The van der Waals surface area contributed by atoms with Crippen molar-refractivity contribution >= 4 is 57.2 Å². The molecule has 0 heterocycles. The summed E-state index contributed by atoms with van der Waals surface area (Å²) in [7, 11) is 0. The van der Waals surface area contributed by atoms with Crippen LogP contribution in [0.1, 0.15) is 15.9 Å². The molecule has 2 amide bonds. The highest BCUT2D eigenvalue weighted by Gasteiger charge is 2.14. The lowest BCUT2D eigenvalue weighted by Crippen LogP contribution is -2.32. The molecule has 0 aliphatic carbocycles. The number of para-hydroxylation sites is 1. The molecule has 31 heavy (non-hydrogen) atoms. The Kier molecular flexibility index (Phi) is 7.53. The summed E-state index contributed by atoms with van der Waals surface area (Å²) in [6, 6.07) is 19.7. The molecule has 0 aliphatic rings. The molecule has 0 unspecified atom stereocenters. The molecule has 2 N–H and O–H groups in total. The number of hydrazone groups is 1. The molecule has 0 atom stereocenters. The Bertz CT molecular complexity index is 1140. The van der Waals surface area contributed by atoms with Gasteiger partial charge in [0.15, 0.2) is 0 Å². The van der Waals surface area contributed by atoms with Crippen molar-refractivity contribution in [3.63, 3.8) is 0 Å². The Morgan fingerprint density at radius 1 is 0.935 bits per heavy atom. The summed E-state index contributed by atoms with van der Waals surface area (Å²) in [4.78, 5) is 36.2. The Labute approximate surface area is 191 Å². The minimum absolute atomic E-state index is 0.217. The van der Waals surface area contributed by atoms with Crippen LogP contribution in [-0.2, 0) is 9.59 Å². The van der Waals surface area contributed by atoms with E-state index in [-0.39, 0.29) is 5.75 Å². The van der Waals surface area contributed by atoms with E-state index in [0.717, 1.165) is 0 Å². The zero-order valence-corrected chi connectivity index (χ0v) is 18.2. The van der Waals surface area contributed by atoms with Crippen molar-refractivity contribution in [3.05, 3.63) is 93.4 Å². The molecule has 156 valence electrons. The Hall–Kier alpha value is -3.49. The van der Waals surface area contributed by atoms with Gasteiger partial charge in [-0.1, -0.05) is 45.7 Å². The summed E-state index contributed by atoms with van der Waals surface area (Å²) < 4.78 is 6.13. The summed E-state index contributed by atoms with van der Waals surface area (Å²) in [5, 5.41) is 6.73. The van der Waals surface area contributed by atoms with Gasteiger partial charge in [-0.3, -0.25) is 9.59 Å². The smallest absolute Gasteiger partial charge is 0.343 e. The van der Waals surface area contributed by atoms with Crippen molar-refractivity contribution in [3.8, 4) is 5.75 Å². The molecule has 3 aromatic rings. The molecule has 7 nitrogen and oxygen atoms in total. The van der Waals surface area contributed by atoms with Gasteiger partial charge in [0.25, 0.3) is 0 Å². The fourth-order valence-electron chi connectivity index (χ4n) is 2.38. The van der Waals surface area contributed by atoms with Gasteiger partial charge in [0.2, 0.25) is 0 Å². The Balaban J connectivity index is 1.66. The number of hydrogen-bond donors (Lipinski definition) is 2. The van der Waals surface area contributed by atoms with E-state index in [4.69, 9.17) is 16.3 Å². The number of halogens is 2. The molecule has 0 spiro atoms. The molecular formula is C22H15BrClN3O4. The van der Waals surface area contributed by atoms with E-state index in [1.54, 1.807) is 72.8 Å². The second kappa shape index (κ2) is 10.5. The van der Waals surface area contributed by atoms with E-state index in [0.29, 0.717) is 26.3 Å². The third-order valence-corrected chi connectivity index (χ3v) is 4.61. The van der Waals surface area contributed by atoms with Crippen LogP contribution >= 0.6 is 27.5 Å². The number of carbonyl (C=O) groups excluding carboxylic acids is 3. The molecule has 0 aliphatic heterocycles. The van der Waals surface area contributed by atoms with Gasteiger partial charge in [0.05, 0.1) is 11.8 Å². The van der Waals surface area contributed by atoms with Crippen molar-refractivity contribution in [2.24, 2.45) is 5.10 Å². The molecule has 0 radical (unpaired) electrons. The van der Waals surface area contributed by atoms with Gasteiger partial charge >= 0.3 is 17.8 Å². The maximum Gasteiger partial charge on any atom is 0.343 e. The van der Waals surface area contributed by atoms with E-state index in [9.17, 15) is 14.4 Å². The minimum atomic E-state index is -0.949. The van der Waals surface area contributed by atoms with Crippen LogP contribution in [0.3, 0.4) is 0 Å². The molecule has 3 rings (SSSR count). The lowest BCUT2D eigenvalue weighted by atomic mass is 10.2. The number of amides is 2. The van der Waals surface area contributed by atoms with Crippen LogP contribution in [0.2, 0.25) is 5.02 Å². The van der Waals surface area contributed by atoms with Crippen molar-refractivity contribution < 1.29 is 19.1 Å². The number of esters is 1. The zero-order valence-electron chi connectivity index (χ0n) is 15.8. The van der Waals surface area contributed by atoms with Crippen molar-refractivity contribution in [2.45, 2.75) is 0 Å². The molecule has 9 heteroatoms. The van der Waals surface area contributed by atoms with Crippen LogP contribution in [0.4, 0.5) is 5.69 Å². The molecule has 0 saturated heterocycles. The topological polar surface area (TPSA) is 96.9 Å². The Morgan fingerprint density at radius 2 is 1.65 bits per heavy atom. The molecular weight excluding hydrogens is 486 g/mol. The van der Waals surface area contributed by atoms with Gasteiger partial charge in [-0.2, -0.15) is 5.10 Å². The second-order valence-electron chi connectivity index (χ2n) is 6.10. The summed E-state index contributed by atoms with van der Waals surface area (Å²) in [5.74, 6) is -2.18. The summed E-state index contributed by atoms with van der Waals surface area (Å²) in [5.41, 5.74) is 3.34. The number of carbonyl (C=O) groups is 3. The van der Waals surface area contributed by atoms with Gasteiger partial charge in [-0.15, -0.1) is 0 Å². The number of ether oxygens (including phenoxy) is 1. The average Bonchev–Trinajstić information content (AvgIpc) is 2.76. The predicted molar refractivity (Wildman–Crippen MR) is 121 cm³/mol.